The highest BCUT2D eigenvalue weighted by molar-refractivity contribution is 5.49. The molecule has 4 heterocycles. The maximum Gasteiger partial charge on any atom is 0.368 e. The van der Waals surface area contributed by atoms with Gasteiger partial charge in [-0.15, -0.1) is 0 Å². The highest BCUT2D eigenvalue weighted by atomic mass is 16.6. The molecule has 1 fully saturated rings. The Kier molecular flexibility index (Phi) is 3.40. The molecule has 124 valence electrons. The van der Waals surface area contributed by atoms with Gasteiger partial charge >= 0.3 is 5.82 Å². The van der Waals surface area contributed by atoms with Gasteiger partial charge in [0.05, 0.1) is 12.4 Å². The number of aromatic nitrogens is 5. The van der Waals surface area contributed by atoms with E-state index in [0.29, 0.717) is 17.6 Å². The van der Waals surface area contributed by atoms with Crippen LogP contribution in [-0.2, 0) is 0 Å². The molecule has 4 rings (SSSR count). The Morgan fingerprint density at radius 2 is 2.25 bits per heavy atom. The molecule has 0 amide bonds. The fourth-order valence-electron chi connectivity index (χ4n) is 3.26. The van der Waals surface area contributed by atoms with Crippen molar-refractivity contribution in [1.82, 2.24) is 24.1 Å². The van der Waals surface area contributed by atoms with E-state index >= 15 is 0 Å². The van der Waals surface area contributed by atoms with Crippen molar-refractivity contribution in [3.8, 4) is 0 Å². The Balaban J connectivity index is 1.67. The van der Waals surface area contributed by atoms with E-state index in [1.54, 1.807) is 12.3 Å². The summed E-state index contributed by atoms with van der Waals surface area (Å²) in [6, 6.07) is 3.93. The third-order valence-electron chi connectivity index (χ3n) is 4.67. The van der Waals surface area contributed by atoms with Crippen molar-refractivity contribution in [3.05, 3.63) is 47.2 Å². The summed E-state index contributed by atoms with van der Waals surface area (Å²) >= 11 is 0. The molecule has 0 saturated carbocycles. The van der Waals surface area contributed by atoms with Crippen LogP contribution in [0.25, 0.3) is 5.65 Å². The zero-order chi connectivity index (χ0) is 16.7. The van der Waals surface area contributed by atoms with Crippen molar-refractivity contribution in [3.63, 3.8) is 0 Å². The molecule has 0 bridgehead atoms. The number of hydrogen-bond acceptors (Lipinski definition) is 6. The average Bonchev–Trinajstić information content (AvgIpc) is 3.24. The molecule has 2 unspecified atom stereocenters. The smallest absolute Gasteiger partial charge is 0.358 e. The highest BCUT2D eigenvalue weighted by Crippen LogP contribution is 2.30. The first-order chi connectivity index (χ1) is 11.6. The van der Waals surface area contributed by atoms with E-state index in [0.717, 1.165) is 25.3 Å². The quantitative estimate of drug-likeness (QED) is 0.539. The molecule has 1 saturated heterocycles. The monoisotopic (exact) mass is 327 g/mol. The molecule has 3 aromatic rings. The summed E-state index contributed by atoms with van der Waals surface area (Å²) < 4.78 is 3.41. The van der Waals surface area contributed by atoms with E-state index < -0.39 is 4.92 Å². The molecular weight excluding hydrogens is 310 g/mol. The molecule has 1 aliphatic rings. The number of fused-ring (bicyclic) bond motifs is 1. The topological polar surface area (TPSA) is 94.4 Å². The van der Waals surface area contributed by atoms with Gasteiger partial charge < -0.3 is 19.6 Å². The van der Waals surface area contributed by atoms with Crippen molar-refractivity contribution in [2.45, 2.75) is 19.4 Å². The predicted molar refractivity (Wildman–Crippen MR) is 86.9 cm³/mol. The summed E-state index contributed by atoms with van der Waals surface area (Å²) in [4.78, 5) is 20.9. The minimum Gasteiger partial charge on any atom is -0.358 e. The normalized spacial score (nSPS) is 21.3. The van der Waals surface area contributed by atoms with Crippen LogP contribution in [0.1, 0.15) is 19.4 Å². The number of rotatable bonds is 3. The van der Waals surface area contributed by atoms with E-state index in [9.17, 15) is 10.1 Å². The summed E-state index contributed by atoms with van der Waals surface area (Å²) in [6.45, 7) is 3.89. The second kappa shape index (κ2) is 5.59. The highest BCUT2D eigenvalue weighted by Gasteiger charge is 2.29. The molecule has 9 heteroatoms. The predicted octanol–water partition coefficient (Wildman–Crippen LogP) is 1.92. The lowest BCUT2D eigenvalue weighted by Crippen LogP contribution is -2.41. The van der Waals surface area contributed by atoms with Crippen molar-refractivity contribution in [1.29, 1.82) is 0 Å². The van der Waals surface area contributed by atoms with E-state index in [2.05, 4.69) is 31.5 Å². The maximum atomic E-state index is 11.1. The largest absolute Gasteiger partial charge is 0.368 e. The molecule has 0 radical (unpaired) electrons. The minimum atomic E-state index is -0.469. The number of nitrogens with zero attached hydrogens (tertiary/aromatic N) is 7. The average molecular weight is 327 g/mol. The maximum absolute atomic E-state index is 11.1. The van der Waals surface area contributed by atoms with Crippen molar-refractivity contribution in [2.75, 3.05) is 18.0 Å². The van der Waals surface area contributed by atoms with E-state index in [1.165, 1.54) is 10.7 Å². The van der Waals surface area contributed by atoms with Gasteiger partial charge in [0.25, 0.3) is 0 Å². The molecule has 3 aromatic heterocycles. The van der Waals surface area contributed by atoms with Gasteiger partial charge in [-0.3, -0.25) is 0 Å². The van der Waals surface area contributed by atoms with Gasteiger partial charge in [-0.05, 0) is 23.3 Å². The van der Waals surface area contributed by atoms with Gasteiger partial charge in [-0.2, -0.15) is 0 Å². The minimum absolute atomic E-state index is 0.122. The Bertz CT molecular complexity index is 873. The number of imidazole rings is 2. The van der Waals surface area contributed by atoms with Crippen LogP contribution < -0.4 is 4.90 Å². The lowest BCUT2D eigenvalue weighted by atomic mass is 9.93. The van der Waals surface area contributed by atoms with Crippen molar-refractivity contribution < 1.29 is 4.92 Å². The van der Waals surface area contributed by atoms with E-state index in [1.807, 2.05) is 18.6 Å². The van der Waals surface area contributed by atoms with E-state index in [-0.39, 0.29) is 5.82 Å². The second-order valence-electron chi connectivity index (χ2n) is 6.12. The van der Waals surface area contributed by atoms with Crippen molar-refractivity contribution in [2.24, 2.45) is 5.92 Å². The Hall–Kier alpha value is -2.97. The molecule has 24 heavy (non-hydrogen) atoms. The molecule has 0 aliphatic carbocycles. The number of nitro groups is 1. The standard InChI is InChI=1S/C15H17N7O2/c1-11-4-6-19(9-12(11)20-7-5-16-10-20)14-3-2-13-17-8-15(22(23)24)21(13)18-14/h2-3,5,7-8,10-12H,4,6,9H2,1H3. The van der Waals surface area contributed by atoms with Crippen LogP contribution in [0.15, 0.2) is 37.1 Å². The summed E-state index contributed by atoms with van der Waals surface area (Å²) in [6.07, 6.45) is 7.85. The van der Waals surface area contributed by atoms with Gasteiger partial charge in [0.2, 0.25) is 5.65 Å². The van der Waals surface area contributed by atoms with Gasteiger partial charge in [0.1, 0.15) is 6.20 Å². The molecule has 0 N–H and O–H groups in total. The summed E-state index contributed by atoms with van der Waals surface area (Å²) in [5.74, 6) is 1.13. The Morgan fingerprint density at radius 3 is 3.00 bits per heavy atom. The number of piperidine rings is 1. The summed E-state index contributed by atoms with van der Waals surface area (Å²) in [5.41, 5.74) is 0.474. The summed E-state index contributed by atoms with van der Waals surface area (Å²) in [7, 11) is 0. The molecular formula is C15H17N7O2. The van der Waals surface area contributed by atoms with Crippen molar-refractivity contribution >= 4 is 17.3 Å². The number of hydrogen-bond donors (Lipinski definition) is 0. The zero-order valence-corrected chi connectivity index (χ0v) is 13.2. The van der Waals surface area contributed by atoms with Crippen LogP contribution in [0, 0.1) is 16.0 Å². The Morgan fingerprint density at radius 1 is 1.38 bits per heavy atom. The van der Waals surface area contributed by atoms with Crippen LogP contribution in [0.3, 0.4) is 0 Å². The third-order valence-corrected chi connectivity index (χ3v) is 4.67. The van der Waals surface area contributed by atoms with Crippen LogP contribution >= 0.6 is 0 Å². The zero-order valence-electron chi connectivity index (χ0n) is 13.2. The molecule has 0 spiro atoms. The second-order valence-corrected chi connectivity index (χ2v) is 6.12. The fraction of sp³-hybridized carbons (Fsp3) is 0.400. The molecule has 1 aliphatic heterocycles. The lowest BCUT2D eigenvalue weighted by Gasteiger charge is -2.37. The first-order valence-corrected chi connectivity index (χ1v) is 7.85. The first kappa shape index (κ1) is 14.6. The van der Waals surface area contributed by atoms with Crippen LogP contribution in [-0.4, -0.2) is 42.2 Å². The van der Waals surface area contributed by atoms with Crippen LogP contribution in [0.5, 0.6) is 0 Å². The number of anilines is 1. The lowest BCUT2D eigenvalue weighted by molar-refractivity contribution is -0.391. The molecule has 2 atom stereocenters. The van der Waals surface area contributed by atoms with E-state index in [4.69, 9.17) is 0 Å². The Labute approximate surface area is 137 Å². The third kappa shape index (κ3) is 2.38. The van der Waals surface area contributed by atoms with Gasteiger partial charge in [0.15, 0.2) is 5.82 Å². The van der Waals surface area contributed by atoms with Crippen LogP contribution in [0.2, 0.25) is 0 Å². The van der Waals surface area contributed by atoms with Gasteiger partial charge in [-0.1, -0.05) is 16.5 Å². The summed E-state index contributed by atoms with van der Waals surface area (Å²) in [5, 5.41) is 15.5. The SMILES string of the molecule is CC1CCN(c2ccc3ncc([N+](=O)[O-])n3n2)CC1n1ccnc1. The van der Waals surface area contributed by atoms with Gasteiger partial charge in [-0.25, -0.2) is 9.97 Å². The fourth-order valence-corrected chi connectivity index (χ4v) is 3.26. The van der Waals surface area contributed by atoms with Crippen LogP contribution in [0.4, 0.5) is 11.6 Å². The molecule has 0 aromatic carbocycles. The molecule has 9 nitrogen and oxygen atoms in total. The first-order valence-electron chi connectivity index (χ1n) is 7.85. The van der Waals surface area contributed by atoms with Gasteiger partial charge in [0, 0.05) is 31.5 Å².